The van der Waals surface area contributed by atoms with Crippen molar-refractivity contribution in [3.8, 4) is 5.75 Å². The van der Waals surface area contributed by atoms with Crippen LogP contribution in [-0.2, 0) is 9.53 Å². The van der Waals surface area contributed by atoms with Crippen molar-refractivity contribution in [1.82, 2.24) is 0 Å². The SMILES string of the molecule is CCOC(=O)C(F)(F)[C@@H](N)c1cc(C(=O)O)cc(F)c1O.Cl. The van der Waals surface area contributed by atoms with Crippen LogP contribution in [0, 0.1) is 5.82 Å². The Labute approximate surface area is 129 Å². The highest BCUT2D eigenvalue weighted by atomic mass is 35.5. The summed E-state index contributed by atoms with van der Waals surface area (Å²) in [5.74, 6) is -10.5. The molecule has 0 aliphatic rings. The Morgan fingerprint density at radius 2 is 1.95 bits per heavy atom. The van der Waals surface area contributed by atoms with Gasteiger partial charge in [0.25, 0.3) is 0 Å². The number of hydrogen-bond donors (Lipinski definition) is 3. The lowest BCUT2D eigenvalue weighted by Crippen LogP contribution is -2.42. The minimum Gasteiger partial charge on any atom is -0.505 e. The highest BCUT2D eigenvalue weighted by Crippen LogP contribution is 2.36. The van der Waals surface area contributed by atoms with Crippen LogP contribution in [0.2, 0.25) is 0 Å². The predicted molar refractivity (Wildman–Crippen MR) is 70.8 cm³/mol. The molecule has 1 atom stereocenters. The van der Waals surface area contributed by atoms with E-state index in [-0.39, 0.29) is 19.0 Å². The average molecular weight is 344 g/mol. The van der Waals surface area contributed by atoms with Gasteiger partial charge in [0.05, 0.1) is 12.2 Å². The standard InChI is InChI=1S/C12H12F3NO5.ClH/c1-2-21-11(20)12(14,15)9(16)6-3-5(10(18)19)4-7(13)8(6)17;/h3-4,9,17H,2,16H2,1H3,(H,18,19);1H/t9-;/m0./s1. The van der Waals surface area contributed by atoms with Gasteiger partial charge in [-0.3, -0.25) is 0 Å². The Balaban J connectivity index is 0.00000441. The molecule has 124 valence electrons. The predicted octanol–water partition coefficient (Wildman–Crippen LogP) is 1.85. The number of halogens is 4. The Morgan fingerprint density at radius 1 is 1.41 bits per heavy atom. The molecule has 4 N–H and O–H groups in total. The molecule has 0 heterocycles. The number of rotatable bonds is 5. The van der Waals surface area contributed by atoms with Crippen molar-refractivity contribution in [1.29, 1.82) is 0 Å². The number of benzene rings is 1. The van der Waals surface area contributed by atoms with E-state index in [4.69, 9.17) is 10.8 Å². The van der Waals surface area contributed by atoms with Crippen molar-refractivity contribution in [2.45, 2.75) is 18.9 Å². The van der Waals surface area contributed by atoms with Crippen LogP contribution in [-0.4, -0.2) is 34.7 Å². The van der Waals surface area contributed by atoms with Crippen molar-refractivity contribution in [2.24, 2.45) is 5.73 Å². The summed E-state index contributed by atoms with van der Waals surface area (Å²) in [5.41, 5.74) is 3.56. The molecule has 0 radical (unpaired) electrons. The number of carbonyl (C=O) groups is 2. The van der Waals surface area contributed by atoms with Gasteiger partial charge in [-0.25, -0.2) is 14.0 Å². The number of ether oxygens (including phenoxy) is 1. The third-order valence-corrected chi connectivity index (χ3v) is 2.61. The number of aromatic hydroxyl groups is 1. The van der Waals surface area contributed by atoms with Crippen LogP contribution in [0.5, 0.6) is 5.75 Å². The second kappa shape index (κ2) is 7.32. The third kappa shape index (κ3) is 3.80. The molecule has 0 bridgehead atoms. The maximum Gasteiger partial charge on any atom is 0.379 e. The zero-order valence-corrected chi connectivity index (χ0v) is 12.0. The number of hydrogen-bond acceptors (Lipinski definition) is 5. The molecule has 0 aliphatic carbocycles. The minimum absolute atomic E-state index is 0. The fourth-order valence-electron chi connectivity index (χ4n) is 1.53. The van der Waals surface area contributed by atoms with E-state index in [9.17, 15) is 27.9 Å². The number of phenols is 1. The van der Waals surface area contributed by atoms with E-state index in [2.05, 4.69) is 4.74 Å². The topological polar surface area (TPSA) is 110 Å². The smallest absolute Gasteiger partial charge is 0.379 e. The summed E-state index contributed by atoms with van der Waals surface area (Å²) < 4.78 is 45.0. The molecule has 0 spiro atoms. The molecule has 1 aromatic rings. The molecule has 0 amide bonds. The molecule has 1 aromatic carbocycles. The number of carboxylic acid groups (broad SMARTS) is 1. The number of carbonyl (C=O) groups excluding carboxylic acids is 1. The number of carboxylic acids is 1. The van der Waals surface area contributed by atoms with Crippen molar-refractivity contribution in [3.63, 3.8) is 0 Å². The van der Waals surface area contributed by atoms with Crippen LogP contribution in [0.15, 0.2) is 12.1 Å². The van der Waals surface area contributed by atoms with Gasteiger partial charge in [0, 0.05) is 5.56 Å². The largest absolute Gasteiger partial charge is 0.505 e. The molecular weight excluding hydrogens is 331 g/mol. The first-order valence-electron chi connectivity index (χ1n) is 5.69. The lowest BCUT2D eigenvalue weighted by Gasteiger charge is -2.22. The van der Waals surface area contributed by atoms with Crippen LogP contribution >= 0.6 is 12.4 Å². The van der Waals surface area contributed by atoms with Crippen molar-refractivity contribution >= 4 is 24.3 Å². The Kier molecular flexibility index (Phi) is 6.65. The highest BCUT2D eigenvalue weighted by Gasteiger charge is 2.49. The van der Waals surface area contributed by atoms with E-state index in [1.165, 1.54) is 6.92 Å². The molecule has 6 nitrogen and oxygen atoms in total. The zero-order valence-electron chi connectivity index (χ0n) is 11.2. The summed E-state index contributed by atoms with van der Waals surface area (Å²) in [5, 5.41) is 18.2. The van der Waals surface area contributed by atoms with Crippen molar-refractivity contribution < 1.29 is 37.7 Å². The first-order valence-corrected chi connectivity index (χ1v) is 5.69. The van der Waals surface area contributed by atoms with Crippen LogP contribution in [0.3, 0.4) is 0 Å². The van der Waals surface area contributed by atoms with Crippen LogP contribution in [0.25, 0.3) is 0 Å². The van der Waals surface area contributed by atoms with Gasteiger partial charge in [-0.1, -0.05) is 0 Å². The zero-order chi connectivity index (χ0) is 16.4. The molecule has 0 aromatic heterocycles. The number of aromatic carboxylic acids is 1. The summed E-state index contributed by atoms with van der Waals surface area (Å²) in [6, 6.07) is -1.46. The van der Waals surface area contributed by atoms with Gasteiger partial charge >= 0.3 is 17.9 Å². The highest BCUT2D eigenvalue weighted by molar-refractivity contribution is 5.88. The number of phenolic OH excluding ortho intramolecular Hbond substituents is 1. The lowest BCUT2D eigenvalue weighted by molar-refractivity contribution is -0.174. The molecule has 0 unspecified atom stereocenters. The quantitative estimate of drug-likeness (QED) is 0.704. The average Bonchev–Trinajstić information content (AvgIpc) is 2.40. The first kappa shape index (κ1) is 20.0. The monoisotopic (exact) mass is 343 g/mol. The second-order valence-corrected chi connectivity index (χ2v) is 4.02. The Morgan fingerprint density at radius 3 is 2.41 bits per heavy atom. The van der Waals surface area contributed by atoms with Crippen LogP contribution in [0.4, 0.5) is 13.2 Å². The second-order valence-electron chi connectivity index (χ2n) is 4.02. The summed E-state index contributed by atoms with van der Waals surface area (Å²) in [6.07, 6.45) is 0. The molecule has 10 heteroatoms. The van der Waals surface area contributed by atoms with E-state index in [1.54, 1.807) is 0 Å². The molecule has 0 saturated heterocycles. The summed E-state index contributed by atoms with van der Waals surface area (Å²) in [6.45, 7) is 0.957. The van der Waals surface area contributed by atoms with E-state index in [0.717, 1.165) is 0 Å². The fraction of sp³-hybridized carbons (Fsp3) is 0.333. The summed E-state index contributed by atoms with van der Waals surface area (Å²) in [7, 11) is 0. The Hall–Kier alpha value is -2.00. The maximum absolute atomic E-state index is 13.7. The molecule has 22 heavy (non-hydrogen) atoms. The van der Waals surface area contributed by atoms with Gasteiger partial charge in [-0.2, -0.15) is 8.78 Å². The van der Waals surface area contributed by atoms with E-state index < -0.39 is 46.6 Å². The number of esters is 1. The van der Waals surface area contributed by atoms with Crippen molar-refractivity contribution in [2.75, 3.05) is 6.61 Å². The van der Waals surface area contributed by atoms with Crippen LogP contribution < -0.4 is 5.73 Å². The first-order chi connectivity index (χ1) is 9.62. The number of alkyl halides is 2. The molecule has 0 saturated carbocycles. The minimum atomic E-state index is -4.27. The van der Waals surface area contributed by atoms with E-state index in [0.29, 0.717) is 12.1 Å². The van der Waals surface area contributed by atoms with Gasteiger partial charge < -0.3 is 20.7 Å². The summed E-state index contributed by atoms with van der Waals surface area (Å²) >= 11 is 0. The number of nitrogens with two attached hydrogens (primary N) is 1. The van der Waals surface area contributed by atoms with Gasteiger partial charge in [0.1, 0.15) is 6.04 Å². The molecular formula is C12H13ClF3NO5. The Bertz CT molecular complexity index is 582. The normalized spacial score (nSPS) is 12.2. The van der Waals surface area contributed by atoms with Gasteiger partial charge in [-0.05, 0) is 19.1 Å². The van der Waals surface area contributed by atoms with Gasteiger partial charge in [0.15, 0.2) is 11.6 Å². The van der Waals surface area contributed by atoms with Crippen LogP contribution in [0.1, 0.15) is 28.9 Å². The molecule has 1 rings (SSSR count). The van der Waals surface area contributed by atoms with E-state index >= 15 is 0 Å². The molecule has 0 fully saturated rings. The molecule has 0 aliphatic heterocycles. The summed E-state index contributed by atoms with van der Waals surface area (Å²) in [4.78, 5) is 21.9. The van der Waals surface area contributed by atoms with Gasteiger partial charge in [0.2, 0.25) is 0 Å². The third-order valence-electron chi connectivity index (χ3n) is 2.61. The van der Waals surface area contributed by atoms with Gasteiger partial charge in [-0.15, -0.1) is 12.4 Å². The van der Waals surface area contributed by atoms with E-state index in [1.807, 2.05) is 0 Å². The maximum atomic E-state index is 13.7. The lowest BCUT2D eigenvalue weighted by atomic mass is 9.98. The van der Waals surface area contributed by atoms with Crippen molar-refractivity contribution in [3.05, 3.63) is 29.1 Å². The fourth-order valence-corrected chi connectivity index (χ4v) is 1.53.